The van der Waals surface area contributed by atoms with Crippen LogP contribution in [0.25, 0.3) is 0 Å². The van der Waals surface area contributed by atoms with Gasteiger partial charge in [-0.2, -0.15) is 0 Å². The predicted molar refractivity (Wildman–Crippen MR) is 168 cm³/mol. The minimum absolute atomic E-state index is 0.120. The minimum Gasteiger partial charge on any atom is -0.452 e. The van der Waals surface area contributed by atoms with Crippen molar-refractivity contribution in [3.05, 3.63) is 23.8 Å². The summed E-state index contributed by atoms with van der Waals surface area (Å²) in [5.41, 5.74) is 0.772. The highest BCUT2D eigenvalue weighted by atomic mass is 16.5. The topological polar surface area (TPSA) is 136 Å². The highest BCUT2D eigenvalue weighted by molar-refractivity contribution is 5.84. The van der Waals surface area contributed by atoms with Gasteiger partial charge in [0.25, 0.3) is 5.91 Å². The Morgan fingerprint density at radius 2 is 1.57 bits per heavy atom. The number of nitrogens with one attached hydrogen (secondary N) is 1. The van der Waals surface area contributed by atoms with E-state index < -0.39 is 30.3 Å². The normalized spacial score (nSPS) is 33.7. The van der Waals surface area contributed by atoms with Crippen LogP contribution in [0.15, 0.2) is 23.8 Å². The number of carbonyl (C=O) groups is 2. The number of ether oxygens (including phenoxy) is 1. The van der Waals surface area contributed by atoms with Crippen LogP contribution in [0.5, 0.6) is 0 Å². The van der Waals surface area contributed by atoms with Gasteiger partial charge in [-0.15, -0.1) is 0 Å². The van der Waals surface area contributed by atoms with Crippen LogP contribution >= 0.6 is 0 Å². The molecule has 0 aromatic carbocycles. The van der Waals surface area contributed by atoms with Crippen molar-refractivity contribution in [2.24, 2.45) is 17.8 Å². The van der Waals surface area contributed by atoms with Gasteiger partial charge in [-0.05, 0) is 55.9 Å². The second-order valence-electron chi connectivity index (χ2n) is 12.5. The summed E-state index contributed by atoms with van der Waals surface area (Å²) < 4.78 is 5.60. The van der Waals surface area contributed by atoms with E-state index in [1.165, 1.54) is 32.1 Å². The molecule has 0 spiro atoms. The average Bonchev–Trinajstić information content (AvgIpc) is 2.96. The molecule has 5 N–H and O–H groups in total. The monoisotopic (exact) mass is 595 g/mol. The van der Waals surface area contributed by atoms with Gasteiger partial charge in [-0.25, -0.2) is 0 Å². The number of amides is 1. The molecule has 0 saturated carbocycles. The Hall–Kier alpha value is -1.74. The molecule has 1 amide bonds. The molecule has 0 fully saturated rings. The van der Waals surface area contributed by atoms with E-state index in [-0.39, 0.29) is 37.9 Å². The van der Waals surface area contributed by atoms with Crippen molar-refractivity contribution in [2.45, 2.75) is 148 Å². The molecule has 0 radical (unpaired) electrons. The fraction of sp³-hybridized carbons (Fsp3) is 0.824. The molecule has 1 unspecified atom stereocenters. The number of hydrogen-bond acceptors (Lipinski definition) is 7. The first-order valence-corrected chi connectivity index (χ1v) is 16.6. The van der Waals surface area contributed by atoms with Gasteiger partial charge in [0.05, 0.1) is 30.8 Å². The molecular formula is C34H61NO7. The maximum Gasteiger partial charge on any atom is 0.309 e. The molecule has 0 saturated heterocycles. The van der Waals surface area contributed by atoms with Crippen LogP contribution in [0.1, 0.15) is 124 Å². The van der Waals surface area contributed by atoms with Crippen LogP contribution in [0, 0.1) is 17.8 Å². The Labute approximate surface area is 255 Å². The molecular weight excluding hydrogens is 534 g/mol. The van der Waals surface area contributed by atoms with Crippen molar-refractivity contribution in [1.82, 2.24) is 5.32 Å². The third-order valence-corrected chi connectivity index (χ3v) is 8.46. The smallest absolute Gasteiger partial charge is 0.309 e. The lowest BCUT2D eigenvalue weighted by Gasteiger charge is -2.23. The van der Waals surface area contributed by atoms with Gasteiger partial charge in [0, 0.05) is 13.0 Å². The van der Waals surface area contributed by atoms with Gasteiger partial charge < -0.3 is 30.5 Å². The summed E-state index contributed by atoms with van der Waals surface area (Å²) in [5.74, 6) is -0.257. The van der Waals surface area contributed by atoms with E-state index in [9.17, 15) is 30.0 Å². The molecule has 1 heterocycles. The summed E-state index contributed by atoms with van der Waals surface area (Å²) in [6, 6.07) is 0. The lowest BCUT2D eigenvalue weighted by atomic mass is 9.92. The molecule has 244 valence electrons. The number of rotatable bonds is 4. The number of allylic oxidation sites excluding steroid dienone is 3. The number of β-amino-alcohol motifs (C(OH)–C–C–N with tert-alkyl or cyclic N) is 1. The van der Waals surface area contributed by atoms with Gasteiger partial charge in [-0.1, -0.05) is 97.3 Å². The lowest BCUT2D eigenvalue weighted by Crippen LogP contribution is -2.43. The van der Waals surface area contributed by atoms with E-state index in [0.717, 1.165) is 37.7 Å². The Kier molecular flexibility index (Phi) is 20.7. The highest BCUT2D eigenvalue weighted by Gasteiger charge is 2.27. The van der Waals surface area contributed by atoms with Crippen molar-refractivity contribution in [3.63, 3.8) is 0 Å². The minimum atomic E-state index is -1.18. The summed E-state index contributed by atoms with van der Waals surface area (Å²) >= 11 is 0. The highest BCUT2D eigenvalue weighted by Crippen LogP contribution is 2.22. The van der Waals surface area contributed by atoms with E-state index in [4.69, 9.17) is 4.74 Å². The van der Waals surface area contributed by atoms with Crippen molar-refractivity contribution in [3.8, 4) is 0 Å². The molecule has 1 aliphatic rings. The van der Waals surface area contributed by atoms with E-state index in [0.29, 0.717) is 31.1 Å². The molecule has 0 aromatic heterocycles. The molecule has 0 aromatic rings. The van der Waals surface area contributed by atoms with Gasteiger partial charge in [0.15, 0.2) is 6.10 Å². The third kappa shape index (κ3) is 16.8. The van der Waals surface area contributed by atoms with Crippen LogP contribution in [-0.2, 0) is 14.3 Å². The Morgan fingerprint density at radius 1 is 0.905 bits per heavy atom. The zero-order chi connectivity index (χ0) is 31.3. The lowest BCUT2D eigenvalue weighted by molar-refractivity contribution is -0.160. The molecule has 0 bridgehead atoms. The van der Waals surface area contributed by atoms with E-state index >= 15 is 0 Å². The summed E-state index contributed by atoms with van der Waals surface area (Å²) in [4.78, 5) is 25.6. The molecule has 42 heavy (non-hydrogen) atoms. The van der Waals surface area contributed by atoms with Crippen molar-refractivity contribution < 1.29 is 34.8 Å². The zero-order valence-electron chi connectivity index (χ0n) is 26.8. The van der Waals surface area contributed by atoms with Crippen LogP contribution in [0.4, 0.5) is 0 Å². The van der Waals surface area contributed by atoms with Crippen molar-refractivity contribution >= 4 is 11.9 Å². The van der Waals surface area contributed by atoms with Crippen molar-refractivity contribution in [1.29, 1.82) is 0 Å². The summed E-state index contributed by atoms with van der Waals surface area (Å²) in [5, 5.41) is 43.7. The number of hydrogen-bond donors (Lipinski definition) is 5. The maximum absolute atomic E-state index is 12.8. The SMILES string of the molecule is CCCC1OC(=O)[C@@H](C)C[C@H](C)CCCCCCCC[C@@H](CC)/C=C/C=C(\CO)CC[C@@H](O)[C@@H](O)C[C@H](O)CNC1=O. The first kappa shape index (κ1) is 38.3. The second-order valence-corrected chi connectivity index (χ2v) is 12.5. The average molecular weight is 596 g/mol. The maximum atomic E-state index is 12.8. The molecule has 8 nitrogen and oxygen atoms in total. The second kappa shape index (κ2) is 22.8. The Morgan fingerprint density at radius 3 is 2.21 bits per heavy atom. The number of aliphatic hydroxyl groups excluding tert-OH is 4. The van der Waals surface area contributed by atoms with Gasteiger partial charge in [-0.3, -0.25) is 9.59 Å². The first-order valence-electron chi connectivity index (χ1n) is 16.6. The largest absolute Gasteiger partial charge is 0.452 e. The fourth-order valence-electron chi connectivity index (χ4n) is 5.56. The van der Waals surface area contributed by atoms with Crippen LogP contribution in [-0.4, -0.2) is 69.9 Å². The van der Waals surface area contributed by atoms with Gasteiger partial charge in [0.2, 0.25) is 0 Å². The Balaban J connectivity index is 2.87. The number of aliphatic hydroxyl groups is 4. The number of esters is 1. The third-order valence-electron chi connectivity index (χ3n) is 8.46. The van der Waals surface area contributed by atoms with E-state index in [1.54, 1.807) is 0 Å². The van der Waals surface area contributed by atoms with E-state index in [2.05, 4.69) is 25.2 Å². The summed E-state index contributed by atoms with van der Waals surface area (Å²) in [6.07, 6.45) is 14.6. The van der Waals surface area contributed by atoms with Crippen LogP contribution in [0.2, 0.25) is 0 Å². The zero-order valence-corrected chi connectivity index (χ0v) is 26.8. The molecule has 1 aliphatic heterocycles. The molecule has 1 rings (SSSR count). The molecule has 0 aliphatic carbocycles. The Bertz CT molecular complexity index is 799. The molecule has 7 atom stereocenters. The van der Waals surface area contributed by atoms with Crippen molar-refractivity contribution in [2.75, 3.05) is 13.2 Å². The number of cyclic esters (lactones) is 1. The van der Waals surface area contributed by atoms with Crippen LogP contribution in [0.3, 0.4) is 0 Å². The number of carbonyl (C=O) groups excluding carboxylic acids is 2. The van der Waals surface area contributed by atoms with Crippen LogP contribution < -0.4 is 5.32 Å². The summed E-state index contributed by atoms with van der Waals surface area (Å²) in [6.45, 7) is 7.87. The molecule has 8 heteroatoms. The van der Waals surface area contributed by atoms with Gasteiger partial charge >= 0.3 is 5.97 Å². The first-order chi connectivity index (χ1) is 20.1. The quantitative estimate of drug-likeness (QED) is 0.276. The predicted octanol–water partition coefficient (Wildman–Crippen LogP) is 5.37. The standard InChI is InChI=1S/C34H61NO7/c1-5-14-32-33(40)35-23-29(37)22-31(39)30(38)20-19-28(24-36)18-13-17-27(6-2)16-12-10-8-7-9-11-15-25(3)21-26(4)34(41)42-32/h13,17-18,25-27,29-32,36-39H,5-12,14-16,19-24H2,1-4H3,(H,35,40)/b17-13+,28-18-/t25-,26+,27-,29+,30-,31+,32?/m1/s1. The van der Waals surface area contributed by atoms with E-state index in [1.807, 2.05) is 26.0 Å². The fourth-order valence-corrected chi connectivity index (χ4v) is 5.56. The van der Waals surface area contributed by atoms with Gasteiger partial charge in [0.1, 0.15) is 0 Å². The summed E-state index contributed by atoms with van der Waals surface area (Å²) in [7, 11) is 0.